The van der Waals surface area contributed by atoms with Crippen LogP contribution in [0.25, 0.3) is 0 Å². The molecule has 0 aliphatic rings. The standard InChI is InChI=1S/C13H18O2/c1-10(2)8-12-4-6-13(7-5-12)15-9-11(3)14/h4-7,10H,8-9H2,1-3H3. The van der Waals surface area contributed by atoms with Gasteiger partial charge in [-0.1, -0.05) is 26.0 Å². The van der Waals surface area contributed by atoms with Gasteiger partial charge in [0.2, 0.25) is 0 Å². The summed E-state index contributed by atoms with van der Waals surface area (Å²) in [5.74, 6) is 1.47. The molecule has 0 amide bonds. The van der Waals surface area contributed by atoms with Crippen LogP contribution in [0.15, 0.2) is 24.3 Å². The first-order valence-corrected chi connectivity index (χ1v) is 5.29. The number of ketones is 1. The Morgan fingerprint density at radius 1 is 1.27 bits per heavy atom. The molecule has 82 valence electrons. The molecule has 0 bridgehead atoms. The molecule has 1 aromatic carbocycles. The summed E-state index contributed by atoms with van der Waals surface area (Å²) < 4.78 is 5.28. The minimum atomic E-state index is 0.0428. The van der Waals surface area contributed by atoms with Gasteiger partial charge in [0, 0.05) is 0 Å². The van der Waals surface area contributed by atoms with Crippen molar-refractivity contribution in [2.24, 2.45) is 5.92 Å². The van der Waals surface area contributed by atoms with Crippen LogP contribution in [-0.2, 0) is 11.2 Å². The van der Waals surface area contributed by atoms with E-state index in [4.69, 9.17) is 4.74 Å². The highest BCUT2D eigenvalue weighted by molar-refractivity contribution is 5.77. The van der Waals surface area contributed by atoms with Crippen molar-refractivity contribution < 1.29 is 9.53 Å². The summed E-state index contributed by atoms with van der Waals surface area (Å²) in [5, 5.41) is 0. The predicted molar refractivity (Wildman–Crippen MR) is 61.2 cm³/mol. The Labute approximate surface area is 91.3 Å². The van der Waals surface area contributed by atoms with Crippen LogP contribution in [0.1, 0.15) is 26.3 Å². The van der Waals surface area contributed by atoms with Crippen LogP contribution in [0.5, 0.6) is 5.75 Å². The highest BCUT2D eigenvalue weighted by atomic mass is 16.5. The number of benzene rings is 1. The van der Waals surface area contributed by atoms with E-state index in [-0.39, 0.29) is 12.4 Å². The maximum atomic E-state index is 10.7. The fourth-order valence-corrected chi connectivity index (χ4v) is 1.38. The van der Waals surface area contributed by atoms with Crippen molar-refractivity contribution in [2.75, 3.05) is 6.61 Å². The summed E-state index contributed by atoms with van der Waals surface area (Å²) in [6.07, 6.45) is 1.08. The molecule has 2 nitrogen and oxygen atoms in total. The van der Waals surface area contributed by atoms with Gasteiger partial charge in [-0.3, -0.25) is 4.79 Å². The first kappa shape index (κ1) is 11.8. The van der Waals surface area contributed by atoms with Crippen LogP contribution in [0.3, 0.4) is 0 Å². The number of hydrogen-bond donors (Lipinski definition) is 0. The van der Waals surface area contributed by atoms with Crippen molar-refractivity contribution in [3.8, 4) is 5.75 Å². The van der Waals surface area contributed by atoms with Crippen molar-refractivity contribution in [1.82, 2.24) is 0 Å². The zero-order valence-electron chi connectivity index (χ0n) is 9.62. The minimum absolute atomic E-state index is 0.0428. The zero-order valence-corrected chi connectivity index (χ0v) is 9.62. The molecular weight excluding hydrogens is 188 g/mol. The van der Waals surface area contributed by atoms with Gasteiger partial charge in [0.1, 0.15) is 12.4 Å². The minimum Gasteiger partial charge on any atom is -0.486 e. The molecule has 0 radical (unpaired) electrons. The van der Waals surface area contributed by atoms with Crippen LogP contribution >= 0.6 is 0 Å². The smallest absolute Gasteiger partial charge is 0.167 e. The van der Waals surface area contributed by atoms with E-state index in [0.717, 1.165) is 12.2 Å². The number of rotatable bonds is 5. The van der Waals surface area contributed by atoms with E-state index >= 15 is 0 Å². The Bertz CT molecular complexity index is 312. The molecule has 0 fully saturated rings. The van der Waals surface area contributed by atoms with Crippen molar-refractivity contribution in [1.29, 1.82) is 0 Å². The Kier molecular flexibility index (Phi) is 4.35. The average molecular weight is 206 g/mol. The second-order valence-corrected chi connectivity index (χ2v) is 4.23. The molecule has 0 aliphatic heterocycles. The second kappa shape index (κ2) is 5.54. The monoisotopic (exact) mass is 206 g/mol. The molecule has 15 heavy (non-hydrogen) atoms. The molecule has 1 rings (SSSR count). The van der Waals surface area contributed by atoms with Gasteiger partial charge >= 0.3 is 0 Å². The van der Waals surface area contributed by atoms with Gasteiger partial charge in [-0.05, 0) is 37.0 Å². The van der Waals surface area contributed by atoms with Crippen molar-refractivity contribution >= 4 is 5.78 Å². The van der Waals surface area contributed by atoms with Crippen molar-refractivity contribution in [3.05, 3.63) is 29.8 Å². The van der Waals surface area contributed by atoms with Gasteiger partial charge in [-0.25, -0.2) is 0 Å². The van der Waals surface area contributed by atoms with Gasteiger partial charge < -0.3 is 4.74 Å². The summed E-state index contributed by atoms with van der Waals surface area (Å²) in [6.45, 7) is 6.07. The van der Waals surface area contributed by atoms with E-state index in [1.54, 1.807) is 0 Å². The fourth-order valence-electron chi connectivity index (χ4n) is 1.38. The van der Waals surface area contributed by atoms with E-state index in [0.29, 0.717) is 5.92 Å². The lowest BCUT2D eigenvalue weighted by Gasteiger charge is -2.07. The quantitative estimate of drug-likeness (QED) is 0.740. The van der Waals surface area contributed by atoms with E-state index in [1.807, 2.05) is 12.1 Å². The summed E-state index contributed by atoms with van der Waals surface area (Å²) in [5.41, 5.74) is 1.31. The Hall–Kier alpha value is -1.31. The molecule has 0 N–H and O–H groups in total. The fraction of sp³-hybridized carbons (Fsp3) is 0.462. The molecule has 0 heterocycles. The van der Waals surface area contributed by atoms with Gasteiger partial charge in [0.25, 0.3) is 0 Å². The first-order valence-electron chi connectivity index (χ1n) is 5.29. The molecule has 0 saturated carbocycles. The third kappa shape index (κ3) is 4.63. The lowest BCUT2D eigenvalue weighted by Crippen LogP contribution is -2.06. The molecule has 2 heteroatoms. The Balaban J connectivity index is 2.52. The molecule has 0 atom stereocenters. The van der Waals surface area contributed by atoms with Gasteiger partial charge in [-0.15, -0.1) is 0 Å². The Morgan fingerprint density at radius 3 is 2.33 bits per heavy atom. The lowest BCUT2D eigenvalue weighted by molar-refractivity contribution is -0.118. The normalized spacial score (nSPS) is 10.4. The summed E-state index contributed by atoms with van der Waals surface area (Å²) in [7, 11) is 0. The summed E-state index contributed by atoms with van der Waals surface area (Å²) in [6, 6.07) is 7.94. The second-order valence-electron chi connectivity index (χ2n) is 4.23. The molecule has 0 aliphatic carbocycles. The topological polar surface area (TPSA) is 26.3 Å². The molecule has 0 saturated heterocycles. The average Bonchev–Trinajstić information content (AvgIpc) is 2.16. The largest absolute Gasteiger partial charge is 0.486 e. The highest BCUT2D eigenvalue weighted by Gasteiger charge is 1.99. The van der Waals surface area contributed by atoms with Gasteiger partial charge in [-0.2, -0.15) is 0 Å². The van der Waals surface area contributed by atoms with Gasteiger partial charge in [0.15, 0.2) is 5.78 Å². The molecular formula is C13H18O2. The molecule has 0 spiro atoms. The first-order chi connectivity index (χ1) is 7.08. The van der Waals surface area contributed by atoms with E-state index in [2.05, 4.69) is 26.0 Å². The summed E-state index contributed by atoms with van der Waals surface area (Å²) in [4.78, 5) is 10.7. The molecule has 0 unspecified atom stereocenters. The summed E-state index contributed by atoms with van der Waals surface area (Å²) >= 11 is 0. The van der Waals surface area contributed by atoms with Crippen LogP contribution < -0.4 is 4.74 Å². The number of carbonyl (C=O) groups is 1. The van der Waals surface area contributed by atoms with Crippen LogP contribution in [0.2, 0.25) is 0 Å². The number of Topliss-reactive ketones (excluding diaryl/α,β-unsaturated/α-hetero) is 1. The lowest BCUT2D eigenvalue weighted by atomic mass is 10.0. The predicted octanol–water partition coefficient (Wildman–Crippen LogP) is 2.85. The van der Waals surface area contributed by atoms with Crippen LogP contribution in [-0.4, -0.2) is 12.4 Å². The molecule has 0 aromatic heterocycles. The third-order valence-electron chi connectivity index (χ3n) is 2.01. The van der Waals surface area contributed by atoms with E-state index < -0.39 is 0 Å². The van der Waals surface area contributed by atoms with Gasteiger partial charge in [0.05, 0.1) is 0 Å². The third-order valence-corrected chi connectivity index (χ3v) is 2.01. The van der Waals surface area contributed by atoms with Crippen LogP contribution in [0.4, 0.5) is 0 Å². The number of ether oxygens (including phenoxy) is 1. The molecule has 1 aromatic rings. The highest BCUT2D eigenvalue weighted by Crippen LogP contribution is 2.14. The SMILES string of the molecule is CC(=O)COc1ccc(CC(C)C)cc1. The van der Waals surface area contributed by atoms with E-state index in [1.165, 1.54) is 12.5 Å². The van der Waals surface area contributed by atoms with Crippen LogP contribution in [0, 0.1) is 5.92 Å². The van der Waals surface area contributed by atoms with E-state index in [9.17, 15) is 4.79 Å². The van der Waals surface area contributed by atoms with Crippen molar-refractivity contribution in [3.63, 3.8) is 0 Å². The maximum absolute atomic E-state index is 10.7. The number of hydrogen-bond acceptors (Lipinski definition) is 2. The number of carbonyl (C=O) groups excluding carboxylic acids is 1. The van der Waals surface area contributed by atoms with Crippen molar-refractivity contribution in [2.45, 2.75) is 27.2 Å². The zero-order chi connectivity index (χ0) is 11.3. The maximum Gasteiger partial charge on any atom is 0.167 e. The Morgan fingerprint density at radius 2 is 1.87 bits per heavy atom.